The second-order valence-corrected chi connectivity index (χ2v) is 16.2. The first kappa shape index (κ1) is 33.6. The number of nitrogens with one attached hydrogen (secondary N) is 1. The molecule has 10 rings (SSSR count). The van der Waals surface area contributed by atoms with Gasteiger partial charge in [0.1, 0.15) is 0 Å². The molecule has 0 aliphatic heterocycles. The van der Waals surface area contributed by atoms with Gasteiger partial charge in [-0.05, 0) is 101 Å². The predicted molar refractivity (Wildman–Crippen MR) is 225 cm³/mol. The molecule has 0 amide bonds. The van der Waals surface area contributed by atoms with Crippen molar-refractivity contribution in [3.05, 3.63) is 203 Å². The van der Waals surface area contributed by atoms with E-state index in [4.69, 9.17) is 0 Å². The molecular weight excluding hydrogens is 669 g/mol. The smallest absolute Gasteiger partial charge is 0.0991 e. The van der Waals surface area contributed by atoms with Crippen molar-refractivity contribution in [1.82, 2.24) is 15.0 Å². The maximum Gasteiger partial charge on any atom is 0.0991 e. The van der Waals surface area contributed by atoms with Crippen LogP contribution in [0.2, 0.25) is 0 Å². The Balaban J connectivity index is 1.15. The number of fused-ring (bicyclic) bond motifs is 6. The second kappa shape index (κ2) is 12.5. The van der Waals surface area contributed by atoms with Gasteiger partial charge in [0.05, 0.1) is 33.6 Å². The number of allylic oxidation sites excluding steroid dienone is 2. The lowest BCUT2D eigenvalue weighted by Crippen LogP contribution is -2.46. The third-order valence-electron chi connectivity index (χ3n) is 12.7. The number of benzene rings is 6. The van der Waals surface area contributed by atoms with E-state index in [9.17, 15) is 5.26 Å². The van der Waals surface area contributed by atoms with Crippen LogP contribution in [0, 0.1) is 17.2 Å². The Labute approximate surface area is 323 Å². The standard InChI is InChI=1S/C51H44N4/c1-35-31-50(35,53-54(3)34-37-17-14-16-36(28-37)33-52)40-22-15-27-49(2,32-40)55-47-26-13-11-24-42(47)44-29-43-41-23-10-12-25-45(41)51(46(43)30-48(44)55,38-18-6-4-7-19-38)39-20-8-5-9-21-39/h4-26,28-30,32,35,53H,27,31,34H2,1-3H3. The molecular formula is C51H44N4. The molecule has 1 heterocycles. The van der Waals surface area contributed by atoms with Crippen LogP contribution >= 0.6 is 0 Å². The molecule has 0 bridgehead atoms. The summed E-state index contributed by atoms with van der Waals surface area (Å²) in [5, 5.41) is 14.3. The van der Waals surface area contributed by atoms with Gasteiger partial charge in [0, 0.05) is 29.9 Å². The number of para-hydroxylation sites is 1. The normalized spacial score (nSPS) is 22.0. The van der Waals surface area contributed by atoms with E-state index in [1.807, 2.05) is 18.2 Å². The highest BCUT2D eigenvalue weighted by Gasteiger charge is 2.55. The van der Waals surface area contributed by atoms with Crippen LogP contribution in [0.5, 0.6) is 0 Å². The largest absolute Gasteiger partial charge is 0.331 e. The Morgan fingerprint density at radius 2 is 1.44 bits per heavy atom. The van der Waals surface area contributed by atoms with Crippen LogP contribution in [0.4, 0.5) is 0 Å². The summed E-state index contributed by atoms with van der Waals surface area (Å²) in [5.74, 6) is 0.482. The summed E-state index contributed by atoms with van der Waals surface area (Å²) in [6.07, 6.45) is 9.27. The number of hydrogen-bond donors (Lipinski definition) is 1. The van der Waals surface area contributed by atoms with Crippen molar-refractivity contribution in [2.75, 3.05) is 7.05 Å². The lowest BCUT2D eigenvalue weighted by Gasteiger charge is -2.37. The molecule has 1 fully saturated rings. The third-order valence-corrected chi connectivity index (χ3v) is 12.7. The van der Waals surface area contributed by atoms with Crippen molar-refractivity contribution in [1.29, 1.82) is 5.26 Å². The van der Waals surface area contributed by atoms with Crippen LogP contribution in [0.25, 0.3) is 32.9 Å². The van der Waals surface area contributed by atoms with Gasteiger partial charge in [-0.15, -0.1) is 0 Å². The fraction of sp³-hybridized carbons (Fsp3) is 0.196. The minimum absolute atomic E-state index is 0.156. The van der Waals surface area contributed by atoms with E-state index in [-0.39, 0.29) is 11.1 Å². The molecule has 6 aromatic carbocycles. The first-order valence-corrected chi connectivity index (χ1v) is 19.5. The van der Waals surface area contributed by atoms with E-state index in [1.165, 1.54) is 60.8 Å². The van der Waals surface area contributed by atoms with Gasteiger partial charge < -0.3 is 4.57 Å². The number of hydrazine groups is 1. The number of aromatic nitrogens is 1. The predicted octanol–water partition coefficient (Wildman–Crippen LogP) is 11.0. The average Bonchev–Trinajstić information content (AvgIpc) is 3.61. The number of rotatable bonds is 8. The maximum atomic E-state index is 9.48. The molecule has 0 saturated heterocycles. The zero-order valence-corrected chi connectivity index (χ0v) is 31.6. The average molecular weight is 713 g/mol. The molecule has 1 N–H and O–H groups in total. The van der Waals surface area contributed by atoms with E-state index < -0.39 is 5.41 Å². The van der Waals surface area contributed by atoms with E-state index in [1.54, 1.807) is 0 Å². The Kier molecular flexibility index (Phi) is 7.65. The van der Waals surface area contributed by atoms with Crippen LogP contribution < -0.4 is 5.43 Å². The molecule has 0 radical (unpaired) electrons. The SMILES string of the molecule is CC1CC1(NN(C)Cc1cccc(C#N)c1)C1=CC(C)(n2c3ccccc3c3cc4c(cc32)C(c2ccccc2)(c2ccccc2)c2ccccc2-4)CC=C1. The molecule has 4 nitrogen and oxygen atoms in total. The molecule has 3 aliphatic carbocycles. The number of nitriles is 1. The molecule has 4 heteroatoms. The van der Waals surface area contributed by atoms with Crippen molar-refractivity contribution in [2.45, 2.75) is 49.7 Å². The van der Waals surface area contributed by atoms with Crippen molar-refractivity contribution >= 4 is 21.8 Å². The quantitative estimate of drug-likeness (QED) is 0.160. The zero-order valence-electron chi connectivity index (χ0n) is 31.6. The van der Waals surface area contributed by atoms with E-state index in [0.717, 1.165) is 18.4 Å². The van der Waals surface area contributed by atoms with Crippen molar-refractivity contribution < 1.29 is 0 Å². The molecule has 3 aliphatic rings. The summed E-state index contributed by atoms with van der Waals surface area (Å²) in [6, 6.07) is 55.5. The second-order valence-electron chi connectivity index (χ2n) is 16.2. The van der Waals surface area contributed by atoms with Gasteiger partial charge in [0.15, 0.2) is 0 Å². The van der Waals surface area contributed by atoms with Crippen molar-refractivity contribution in [3.63, 3.8) is 0 Å². The first-order chi connectivity index (χ1) is 26.9. The summed E-state index contributed by atoms with van der Waals surface area (Å²) >= 11 is 0. The van der Waals surface area contributed by atoms with E-state index >= 15 is 0 Å². The highest BCUT2D eigenvalue weighted by Crippen LogP contribution is 2.58. The highest BCUT2D eigenvalue weighted by atomic mass is 15.5. The van der Waals surface area contributed by atoms with Gasteiger partial charge in [-0.25, -0.2) is 10.4 Å². The minimum Gasteiger partial charge on any atom is -0.331 e. The number of hydrogen-bond acceptors (Lipinski definition) is 3. The third kappa shape index (κ3) is 5.04. The van der Waals surface area contributed by atoms with Crippen LogP contribution in [-0.4, -0.2) is 22.2 Å². The highest BCUT2D eigenvalue weighted by molar-refractivity contribution is 6.11. The Bertz CT molecular complexity index is 2690. The lowest BCUT2D eigenvalue weighted by atomic mass is 9.67. The maximum absolute atomic E-state index is 9.48. The van der Waals surface area contributed by atoms with E-state index in [2.05, 4.69) is 188 Å². The summed E-state index contributed by atoms with van der Waals surface area (Å²) < 4.78 is 2.64. The molecule has 0 spiro atoms. The summed E-state index contributed by atoms with van der Waals surface area (Å²) in [5.41, 5.74) is 16.5. The minimum atomic E-state index is -0.465. The topological polar surface area (TPSA) is 44.0 Å². The van der Waals surface area contributed by atoms with Gasteiger partial charge in [-0.1, -0.05) is 140 Å². The van der Waals surface area contributed by atoms with Crippen molar-refractivity contribution in [2.24, 2.45) is 5.92 Å². The van der Waals surface area contributed by atoms with E-state index in [0.29, 0.717) is 18.0 Å². The van der Waals surface area contributed by atoms with Gasteiger partial charge in [0.2, 0.25) is 0 Å². The molecule has 1 aromatic heterocycles. The fourth-order valence-electron chi connectivity index (χ4n) is 10.2. The summed E-state index contributed by atoms with van der Waals surface area (Å²) in [7, 11) is 2.12. The van der Waals surface area contributed by atoms with Crippen LogP contribution in [0.3, 0.4) is 0 Å². The van der Waals surface area contributed by atoms with Gasteiger partial charge >= 0.3 is 0 Å². The fourth-order valence-corrected chi connectivity index (χ4v) is 10.2. The lowest BCUT2D eigenvalue weighted by molar-refractivity contribution is 0.186. The Morgan fingerprint density at radius 3 is 2.16 bits per heavy atom. The Hall–Kier alpha value is -5.99. The number of nitrogens with zero attached hydrogens (tertiary/aromatic N) is 3. The Morgan fingerprint density at radius 1 is 0.745 bits per heavy atom. The molecule has 268 valence electrons. The molecule has 7 aromatic rings. The van der Waals surface area contributed by atoms with Gasteiger partial charge in [-0.2, -0.15) is 5.26 Å². The summed E-state index contributed by atoms with van der Waals surface area (Å²) in [4.78, 5) is 0. The molecule has 3 atom stereocenters. The van der Waals surface area contributed by atoms with Crippen LogP contribution in [0.15, 0.2) is 169 Å². The van der Waals surface area contributed by atoms with Crippen LogP contribution in [-0.2, 0) is 17.5 Å². The van der Waals surface area contributed by atoms with Crippen LogP contribution in [0.1, 0.15) is 60.1 Å². The van der Waals surface area contributed by atoms with Gasteiger partial charge in [-0.3, -0.25) is 0 Å². The van der Waals surface area contributed by atoms with Crippen molar-refractivity contribution in [3.8, 4) is 17.2 Å². The van der Waals surface area contributed by atoms with Gasteiger partial charge in [0.25, 0.3) is 0 Å². The first-order valence-electron chi connectivity index (χ1n) is 19.5. The molecule has 3 unspecified atom stereocenters. The molecule has 1 saturated carbocycles. The summed E-state index contributed by atoms with van der Waals surface area (Å²) in [6.45, 7) is 5.49. The zero-order chi connectivity index (χ0) is 37.4. The monoisotopic (exact) mass is 712 g/mol. The molecule has 55 heavy (non-hydrogen) atoms.